The van der Waals surface area contributed by atoms with Gasteiger partial charge in [-0.2, -0.15) is 0 Å². The fourth-order valence-electron chi connectivity index (χ4n) is 1.55. The molecule has 0 unspecified atom stereocenters. The molecule has 1 aliphatic heterocycles. The van der Waals surface area contributed by atoms with Crippen LogP contribution in [-0.4, -0.2) is 41.9 Å². The second kappa shape index (κ2) is 4.35. The van der Waals surface area contributed by atoms with Crippen molar-refractivity contribution in [2.75, 3.05) is 13.1 Å². The van der Waals surface area contributed by atoms with Crippen molar-refractivity contribution >= 4 is 6.09 Å². The molecule has 2 atom stereocenters. The normalized spacial score (nSPS) is 27.7. The molecule has 15 heavy (non-hydrogen) atoms. The van der Waals surface area contributed by atoms with Crippen LogP contribution in [0.5, 0.6) is 0 Å². The zero-order chi connectivity index (χ0) is 11.6. The summed E-state index contributed by atoms with van der Waals surface area (Å²) in [6, 6.07) is -0.290. The summed E-state index contributed by atoms with van der Waals surface area (Å²) in [5, 5.41) is 0. The van der Waals surface area contributed by atoms with Gasteiger partial charge >= 0.3 is 6.09 Å². The SMILES string of the molecule is CC(C)(C)OC(=O)N1C[C@H](N)C[C@@H](F)C1. The van der Waals surface area contributed by atoms with Gasteiger partial charge in [-0.15, -0.1) is 0 Å². The van der Waals surface area contributed by atoms with Crippen LogP contribution in [-0.2, 0) is 4.74 Å². The highest BCUT2D eigenvalue weighted by Gasteiger charge is 2.30. The maximum absolute atomic E-state index is 13.1. The van der Waals surface area contributed by atoms with Crippen LogP contribution in [0, 0.1) is 0 Å². The Kier molecular flexibility index (Phi) is 3.54. The maximum atomic E-state index is 13.1. The monoisotopic (exact) mass is 218 g/mol. The van der Waals surface area contributed by atoms with Crippen molar-refractivity contribution in [2.45, 2.75) is 45.0 Å². The molecular weight excluding hydrogens is 199 g/mol. The highest BCUT2D eigenvalue weighted by molar-refractivity contribution is 5.68. The van der Waals surface area contributed by atoms with Gasteiger partial charge in [0.1, 0.15) is 11.8 Å². The van der Waals surface area contributed by atoms with E-state index in [1.807, 2.05) is 0 Å². The quantitative estimate of drug-likeness (QED) is 0.666. The molecule has 88 valence electrons. The number of hydrogen-bond donors (Lipinski definition) is 1. The number of halogens is 1. The number of piperidine rings is 1. The first-order valence-corrected chi connectivity index (χ1v) is 5.15. The number of nitrogens with two attached hydrogens (primary N) is 1. The number of rotatable bonds is 0. The Morgan fingerprint density at radius 3 is 2.53 bits per heavy atom. The van der Waals surface area contributed by atoms with Gasteiger partial charge in [0.2, 0.25) is 0 Å². The first-order chi connectivity index (χ1) is 6.78. The van der Waals surface area contributed by atoms with E-state index < -0.39 is 17.9 Å². The van der Waals surface area contributed by atoms with Crippen LogP contribution in [0.15, 0.2) is 0 Å². The van der Waals surface area contributed by atoms with Crippen molar-refractivity contribution in [2.24, 2.45) is 5.73 Å². The van der Waals surface area contributed by atoms with Gasteiger partial charge in [0.15, 0.2) is 0 Å². The summed E-state index contributed by atoms with van der Waals surface area (Å²) in [5.74, 6) is 0. The lowest BCUT2D eigenvalue weighted by Gasteiger charge is -2.34. The van der Waals surface area contributed by atoms with Crippen molar-refractivity contribution in [1.82, 2.24) is 4.90 Å². The average Bonchev–Trinajstić information content (AvgIpc) is 1.98. The van der Waals surface area contributed by atoms with E-state index in [2.05, 4.69) is 0 Å². The number of carbonyl (C=O) groups is 1. The minimum absolute atomic E-state index is 0.0859. The summed E-state index contributed by atoms with van der Waals surface area (Å²) in [5.41, 5.74) is 5.08. The van der Waals surface area contributed by atoms with Crippen molar-refractivity contribution in [1.29, 1.82) is 0 Å². The van der Waals surface area contributed by atoms with Gasteiger partial charge in [-0.3, -0.25) is 0 Å². The first kappa shape index (κ1) is 12.2. The summed E-state index contributed by atoms with van der Waals surface area (Å²) < 4.78 is 18.3. The molecule has 4 nitrogen and oxygen atoms in total. The predicted octanol–water partition coefficient (Wildman–Crippen LogP) is 1.29. The van der Waals surface area contributed by atoms with Crippen LogP contribution in [0.1, 0.15) is 27.2 Å². The van der Waals surface area contributed by atoms with E-state index in [1.54, 1.807) is 20.8 Å². The third kappa shape index (κ3) is 4.03. The van der Waals surface area contributed by atoms with Crippen LogP contribution in [0.3, 0.4) is 0 Å². The largest absolute Gasteiger partial charge is 0.444 e. The molecule has 1 fully saturated rings. The van der Waals surface area contributed by atoms with Gasteiger partial charge in [0.05, 0.1) is 6.54 Å². The summed E-state index contributed by atoms with van der Waals surface area (Å²) in [7, 11) is 0. The smallest absolute Gasteiger partial charge is 0.410 e. The van der Waals surface area contributed by atoms with E-state index in [4.69, 9.17) is 10.5 Å². The molecule has 1 aliphatic rings. The summed E-state index contributed by atoms with van der Waals surface area (Å²) in [6.45, 7) is 5.79. The second-order valence-electron chi connectivity index (χ2n) is 4.98. The minimum atomic E-state index is -1.04. The maximum Gasteiger partial charge on any atom is 0.410 e. The third-order valence-electron chi connectivity index (χ3n) is 2.08. The van der Waals surface area contributed by atoms with Crippen molar-refractivity contribution in [3.63, 3.8) is 0 Å². The van der Waals surface area contributed by atoms with E-state index in [9.17, 15) is 9.18 Å². The molecule has 0 spiro atoms. The number of alkyl halides is 1. The van der Waals surface area contributed by atoms with Crippen LogP contribution in [0.2, 0.25) is 0 Å². The topological polar surface area (TPSA) is 55.6 Å². The van der Waals surface area contributed by atoms with E-state index >= 15 is 0 Å². The Bertz CT molecular complexity index is 230. The summed E-state index contributed by atoms with van der Waals surface area (Å²) in [4.78, 5) is 12.9. The molecule has 0 saturated carbocycles. The zero-order valence-electron chi connectivity index (χ0n) is 9.50. The lowest BCUT2D eigenvalue weighted by atomic mass is 10.1. The number of nitrogens with zero attached hydrogens (tertiary/aromatic N) is 1. The summed E-state index contributed by atoms with van der Waals surface area (Å²) >= 11 is 0. The Balaban J connectivity index is 2.52. The van der Waals surface area contributed by atoms with Crippen LogP contribution in [0.4, 0.5) is 9.18 Å². The fraction of sp³-hybridized carbons (Fsp3) is 0.900. The van der Waals surface area contributed by atoms with Gasteiger partial charge in [0.25, 0.3) is 0 Å². The number of likely N-dealkylation sites (tertiary alicyclic amines) is 1. The number of amides is 1. The molecule has 1 rings (SSSR count). The number of hydrogen-bond acceptors (Lipinski definition) is 3. The second-order valence-corrected chi connectivity index (χ2v) is 4.98. The minimum Gasteiger partial charge on any atom is -0.444 e. The lowest BCUT2D eigenvalue weighted by molar-refractivity contribution is 0.0115. The zero-order valence-corrected chi connectivity index (χ0v) is 9.50. The van der Waals surface area contributed by atoms with E-state index in [1.165, 1.54) is 4.90 Å². The molecule has 1 heterocycles. The first-order valence-electron chi connectivity index (χ1n) is 5.15. The van der Waals surface area contributed by atoms with Crippen LogP contribution in [0.25, 0.3) is 0 Å². The number of ether oxygens (including phenoxy) is 1. The van der Waals surface area contributed by atoms with Crippen LogP contribution < -0.4 is 5.73 Å². The third-order valence-corrected chi connectivity index (χ3v) is 2.08. The Labute approximate surface area is 89.6 Å². The standard InChI is InChI=1S/C10H19FN2O2/c1-10(2,3)15-9(14)13-5-7(11)4-8(12)6-13/h7-8H,4-6,12H2,1-3H3/t7-,8-/m1/s1. The molecule has 0 aromatic heterocycles. The molecule has 0 aliphatic carbocycles. The summed E-state index contributed by atoms with van der Waals surface area (Å²) in [6.07, 6.45) is -1.21. The fourth-order valence-corrected chi connectivity index (χ4v) is 1.55. The predicted molar refractivity (Wildman–Crippen MR) is 55.3 cm³/mol. The molecular formula is C10H19FN2O2. The van der Waals surface area contributed by atoms with E-state index in [0.29, 0.717) is 13.0 Å². The molecule has 0 aromatic rings. The molecule has 0 bridgehead atoms. The molecule has 5 heteroatoms. The van der Waals surface area contributed by atoms with E-state index in [0.717, 1.165) is 0 Å². The highest BCUT2D eigenvalue weighted by Crippen LogP contribution is 2.16. The van der Waals surface area contributed by atoms with E-state index in [-0.39, 0.29) is 12.6 Å². The van der Waals surface area contributed by atoms with Crippen molar-refractivity contribution < 1.29 is 13.9 Å². The lowest BCUT2D eigenvalue weighted by Crippen LogP contribution is -2.51. The molecule has 0 aromatic carbocycles. The molecule has 1 amide bonds. The van der Waals surface area contributed by atoms with Crippen LogP contribution >= 0.6 is 0 Å². The Morgan fingerprint density at radius 2 is 2.07 bits per heavy atom. The van der Waals surface area contributed by atoms with Crippen molar-refractivity contribution in [3.05, 3.63) is 0 Å². The van der Waals surface area contributed by atoms with Gasteiger partial charge in [-0.25, -0.2) is 9.18 Å². The average molecular weight is 218 g/mol. The van der Waals surface area contributed by atoms with Gasteiger partial charge in [0, 0.05) is 12.6 Å². The number of carbonyl (C=O) groups excluding carboxylic acids is 1. The highest BCUT2D eigenvalue weighted by atomic mass is 19.1. The molecule has 0 radical (unpaired) electrons. The van der Waals surface area contributed by atoms with Crippen molar-refractivity contribution in [3.8, 4) is 0 Å². The Morgan fingerprint density at radius 1 is 1.47 bits per heavy atom. The molecule has 2 N–H and O–H groups in total. The van der Waals surface area contributed by atoms with Gasteiger partial charge in [-0.1, -0.05) is 0 Å². The van der Waals surface area contributed by atoms with Gasteiger partial charge in [-0.05, 0) is 27.2 Å². The van der Waals surface area contributed by atoms with Gasteiger partial charge < -0.3 is 15.4 Å². The Hall–Kier alpha value is -0.840. The molecule has 1 saturated heterocycles.